The summed E-state index contributed by atoms with van der Waals surface area (Å²) in [6.07, 6.45) is -2.31. The van der Waals surface area contributed by atoms with E-state index < -0.39 is 11.9 Å². The molecule has 3 aromatic rings. The van der Waals surface area contributed by atoms with Crippen LogP contribution in [-0.4, -0.2) is 29.5 Å². The Morgan fingerprint density at radius 3 is 2.74 bits per heavy atom. The molecule has 0 atom stereocenters. The maximum Gasteiger partial charge on any atom is 0.434 e. The molecule has 0 spiro atoms. The van der Waals surface area contributed by atoms with Crippen LogP contribution in [0.1, 0.15) is 22.0 Å². The predicted octanol–water partition coefficient (Wildman–Crippen LogP) is 4.04. The fourth-order valence-corrected chi connectivity index (χ4v) is 3.44. The number of benzene rings is 1. The largest absolute Gasteiger partial charge is 0.487 e. The van der Waals surface area contributed by atoms with Crippen molar-refractivity contribution in [2.24, 2.45) is 4.99 Å². The van der Waals surface area contributed by atoms with Crippen LogP contribution in [0.25, 0.3) is 0 Å². The van der Waals surface area contributed by atoms with E-state index in [0.717, 1.165) is 33.7 Å². The molecular weight excluding hydrogens is 427 g/mol. The second-order valence-electron chi connectivity index (χ2n) is 6.48. The molecule has 0 aliphatic heterocycles. The van der Waals surface area contributed by atoms with Gasteiger partial charge in [-0.3, -0.25) is 9.98 Å². The third-order valence-electron chi connectivity index (χ3n) is 4.17. The van der Waals surface area contributed by atoms with Crippen molar-refractivity contribution in [3.05, 3.63) is 76.0 Å². The predicted molar refractivity (Wildman–Crippen MR) is 114 cm³/mol. The van der Waals surface area contributed by atoms with Crippen LogP contribution in [0.15, 0.2) is 59.0 Å². The molecule has 0 saturated heterocycles. The molecule has 1 aromatic carbocycles. The Balaban J connectivity index is 1.44. The number of nitrogens with zero attached hydrogens (tertiary/aromatic N) is 3. The smallest absolute Gasteiger partial charge is 0.434 e. The molecule has 2 N–H and O–H groups in total. The Morgan fingerprint density at radius 1 is 1.16 bits per heavy atom. The molecule has 10 heteroatoms. The van der Waals surface area contributed by atoms with Crippen LogP contribution in [-0.2, 0) is 25.7 Å². The van der Waals surface area contributed by atoms with E-state index >= 15 is 0 Å². The van der Waals surface area contributed by atoms with E-state index in [-0.39, 0.29) is 0 Å². The number of hydrogen-bond acceptors (Lipinski definition) is 5. The summed E-state index contributed by atoms with van der Waals surface area (Å²) >= 11 is 1.00. The molecule has 0 aliphatic rings. The number of ether oxygens (including phenoxy) is 1. The van der Waals surface area contributed by atoms with Crippen LogP contribution in [0.5, 0.6) is 5.75 Å². The van der Waals surface area contributed by atoms with Gasteiger partial charge in [-0.05, 0) is 29.8 Å². The molecule has 0 saturated carbocycles. The number of aromatic nitrogens is 2. The van der Waals surface area contributed by atoms with Gasteiger partial charge in [0.1, 0.15) is 12.4 Å². The van der Waals surface area contributed by atoms with Crippen LogP contribution in [0, 0.1) is 0 Å². The first-order valence-electron chi connectivity index (χ1n) is 9.52. The summed E-state index contributed by atoms with van der Waals surface area (Å²) in [5.74, 6) is 1.28. The number of hydrogen-bond donors (Lipinski definition) is 2. The standard InChI is InChI=1S/C21H22F3N5OS/c1-25-20(27-10-8-19-29-18(14-31-19)21(22,23)24)28-12-15-5-4-7-17(11-15)30-13-16-6-2-3-9-26-16/h2-7,9,11,14H,8,10,12-13H2,1H3,(H2,25,27,28). The molecule has 2 heterocycles. The first-order valence-corrected chi connectivity index (χ1v) is 10.4. The first kappa shape index (κ1) is 22.5. The van der Waals surface area contributed by atoms with Crippen LogP contribution in [0.3, 0.4) is 0 Å². The van der Waals surface area contributed by atoms with Gasteiger partial charge in [0.15, 0.2) is 11.7 Å². The van der Waals surface area contributed by atoms with E-state index in [2.05, 4.69) is 25.6 Å². The minimum Gasteiger partial charge on any atom is -0.487 e. The average molecular weight is 450 g/mol. The Morgan fingerprint density at radius 2 is 2.03 bits per heavy atom. The lowest BCUT2D eigenvalue weighted by molar-refractivity contribution is -0.140. The molecule has 6 nitrogen and oxygen atoms in total. The summed E-state index contributed by atoms with van der Waals surface area (Å²) in [5.41, 5.74) is 0.995. The number of nitrogens with one attached hydrogen (secondary N) is 2. The highest BCUT2D eigenvalue weighted by molar-refractivity contribution is 7.09. The number of guanidine groups is 1. The summed E-state index contributed by atoms with van der Waals surface area (Å²) in [5, 5.41) is 7.72. The van der Waals surface area contributed by atoms with Crippen molar-refractivity contribution >= 4 is 17.3 Å². The summed E-state index contributed by atoms with van der Waals surface area (Å²) in [4.78, 5) is 12.0. The summed E-state index contributed by atoms with van der Waals surface area (Å²) in [6.45, 7) is 1.31. The maximum absolute atomic E-state index is 12.6. The second kappa shape index (κ2) is 10.8. The molecule has 0 radical (unpaired) electrons. The van der Waals surface area contributed by atoms with Crippen molar-refractivity contribution in [1.29, 1.82) is 0 Å². The van der Waals surface area contributed by atoms with E-state index in [0.29, 0.717) is 37.1 Å². The molecule has 0 aliphatic carbocycles. The fourth-order valence-electron chi connectivity index (χ4n) is 2.64. The lowest BCUT2D eigenvalue weighted by atomic mass is 10.2. The van der Waals surface area contributed by atoms with Gasteiger partial charge in [-0.2, -0.15) is 13.2 Å². The number of aliphatic imine (C=N–C) groups is 1. The highest BCUT2D eigenvalue weighted by Crippen LogP contribution is 2.30. The molecule has 0 bridgehead atoms. The minimum atomic E-state index is -4.41. The molecule has 31 heavy (non-hydrogen) atoms. The molecule has 2 aromatic heterocycles. The zero-order valence-electron chi connectivity index (χ0n) is 16.8. The van der Waals surface area contributed by atoms with Gasteiger partial charge in [0.25, 0.3) is 0 Å². The quantitative estimate of drug-likeness (QED) is 0.401. The Kier molecular flexibility index (Phi) is 7.82. The summed E-state index contributed by atoms with van der Waals surface area (Å²) in [6, 6.07) is 13.3. The van der Waals surface area contributed by atoms with Crippen LogP contribution in [0.4, 0.5) is 13.2 Å². The number of rotatable bonds is 8. The minimum absolute atomic E-state index is 0.373. The first-order chi connectivity index (χ1) is 14.9. The van der Waals surface area contributed by atoms with Gasteiger partial charge in [-0.15, -0.1) is 11.3 Å². The van der Waals surface area contributed by atoms with Gasteiger partial charge in [0.05, 0.1) is 10.7 Å². The van der Waals surface area contributed by atoms with Gasteiger partial charge in [-0.1, -0.05) is 18.2 Å². The highest BCUT2D eigenvalue weighted by Gasteiger charge is 2.33. The van der Waals surface area contributed by atoms with Gasteiger partial charge in [-0.25, -0.2) is 4.98 Å². The molecule has 164 valence electrons. The Hall–Kier alpha value is -3.14. The van der Waals surface area contributed by atoms with Crippen LogP contribution >= 0.6 is 11.3 Å². The lowest BCUT2D eigenvalue weighted by Crippen LogP contribution is -2.37. The third kappa shape index (κ3) is 7.25. The molecule has 3 rings (SSSR count). The van der Waals surface area contributed by atoms with Crippen molar-refractivity contribution in [2.75, 3.05) is 13.6 Å². The fraction of sp³-hybridized carbons (Fsp3) is 0.286. The lowest BCUT2D eigenvalue weighted by Gasteiger charge is -2.12. The summed E-state index contributed by atoms with van der Waals surface area (Å²) < 4.78 is 43.6. The number of halogens is 3. The van der Waals surface area contributed by atoms with E-state index in [9.17, 15) is 13.2 Å². The van der Waals surface area contributed by atoms with Crippen LogP contribution in [0.2, 0.25) is 0 Å². The summed E-state index contributed by atoms with van der Waals surface area (Å²) in [7, 11) is 1.63. The second-order valence-corrected chi connectivity index (χ2v) is 7.43. The van der Waals surface area contributed by atoms with Gasteiger partial charge in [0.2, 0.25) is 0 Å². The van der Waals surface area contributed by atoms with E-state index in [1.807, 2.05) is 42.5 Å². The molecule has 0 unspecified atom stereocenters. The Bertz CT molecular complexity index is 992. The molecule has 0 fully saturated rings. The van der Waals surface area contributed by atoms with Gasteiger partial charge in [0, 0.05) is 38.1 Å². The number of alkyl halides is 3. The van der Waals surface area contributed by atoms with Crippen molar-refractivity contribution in [1.82, 2.24) is 20.6 Å². The van der Waals surface area contributed by atoms with E-state index in [4.69, 9.17) is 4.74 Å². The topological polar surface area (TPSA) is 71.4 Å². The average Bonchev–Trinajstić information content (AvgIpc) is 3.25. The molecule has 0 amide bonds. The Labute approximate surface area is 182 Å². The maximum atomic E-state index is 12.6. The van der Waals surface area contributed by atoms with Crippen molar-refractivity contribution in [3.8, 4) is 5.75 Å². The number of pyridine rings is 1. The zero-order chi connectivity index (χ0) is 22.1. The SMILES string of the molecule is CN=C(NCCc1nc(C(F)(F)F)cs1)NCc1cccc(OCc2ccccn2)c1. The van der Waals surface area contributed by atoms with Crippen molar-refractivity contribution in [2.45, 2.75) is 25.7 Å². The van der Waals surface area contributed by atoms with Gasteiger partial charge >= 0.3 is 6.18 Å². The van der Waals surface area contributed by atoms with Gasteiger partial charge < -0.3 is 15.4 Å². The van der Waals surface area contributed by atoms with E-state index in [1.54, 1.807) is 13.2 Å². The highest BCUT2D eigenvalue weighted by atomic mass is 32.1. The number of thiazole rings is 1. The normalized spacial score (nSPS) is 11.9. The monoisotopic (exact) mass is 449 g/mol. The van der Waals surface area contributed by atoms with Crippen LogP contribution < -0.4 is 15.4 Å². The third-order valence-corrected chi connectivity index (χ3v) is 5.08. The molecular formula is C21H22F3N5OS. The van der Waals surface area contributed by atoms with Crippen molar-refractivity contribution < 1.29 is 17.9 Å². The van der Waals surface area contributed by atoms with Crippen molar-refractivity contribution in [3.63, 3.8) is 0 Å². The zero-order valence-corrected chi connectivity index (χ0v) is 17.6. The van der Waals surface area contributed by atoms with E-state index in [1.165, 1.54) is 0 Å².